The molecule has 2 unspecified atom stereocenters. The highest BCUT2D eigenvalue weighted by atomic mass is 32.2. The highest BCUT2D eigenvalue weighted by Gasteiger charge is 2.53. The number of oxime groups is 1. The Morgan fingerprint density at radius 2 is 2.05 bits per heavy atom. The number of hydrogen-bond acceptors (Lipinski definition) is 15. The third-order valence-electron chi connectivity index (χ3n) is 5.96. The van der Waals surface area contributed by atoms with Crippen LogP contribution >= 0.6 is 34.9 Å². The molecule has 0 aromatic carbocycles. The number of nitrogens with two attached hydrogens (primary N) is 3. The minimum atomic E-state index is -1.78. The van der Waals surface area contributed by atoms with Crippen LogP contribution in [-0.4, -0.2) is 78.0 Å². The summed E-state index contributed by atoms with van der Waals surface area (Å²) in [5, 5.41) is 28.9. The number of β-lactam (4-membered cyclic amide) rings is 1. The number of fused-ring (bicyclic) bond motifs is 1. The van der Waals surface area contributed by atoms with Crippen molar-refractivity contribution in [3.8, 4) is 0 Å². The van der Waals surface area contributed by atoms with Crippen LogP contribution in [0.2, 0.25) is 0 Å². The summed E-state index contributed by atoms with van der Waals surface area (Å²) in [6, 6.07) is 0.376. The zero-order valence-corrected chi connectivity index (χ0v) is 24.3. The van der Waals surface area contributed by atoms with Gasteiger partial charge < -0.3 is 42.4 Å². The molecule has 1 saturated heterocycles. The predicted octanol–water partition coefficient (Wildman–Crippen LogP) is -2.11. The fraction of sp³-hybridized carbons (Fsp3) is 0.364. The second kappa shape index (κ2) is 11.4. The van der Waals surface area contributed by atoms with Gasteiger partial charge in [-0.3, -0.25) is 14.5 Å². The SMILES string of the molecule is C[n+]1c(N)cc(N)nc1SCC1=C(C(=O)[O-])N2C(=O)C(NC(=O)/C(=N\OC(C)(C)C(=O)O)c3csc(N)n3)C2SC1. The number of carbonyl (C=O) groups excluding carboxylic acids is 3. The molecule has 2 aliphatic heterocycles. The number of thiazole rings is 1. The average molecular weight is 624 g/mol. The first-order valence-electron chi connectivity index (χ1n) is 11.7. The Morgan fingerprint density at radius 1 is 1.34 bits per heavy atom. The molecule has 4 rings (SSSR count). The molecule has 1 fully saturated rings. The van der Waals surface area contributed by atoms with E-state index in [0.717, 1.165) is 16.2 Å². The summed E-state index contributed by atoms with van der Waals surface area (Å²) >= 11 is 3.44. The Hall–Kier alpha value is -4.10. The number of nitrogens with one attached hydrogen (secondary N) is 1. The molecule has 19 heteroatoms. The fourth-order valence-corrected chi connectivity index (χ4v) is 6.68. The van der Waals surface area contributed by atoms with Crippen molar-refractivity contribution in [1.29, 1.82) is 0 Å². The largest absolute Gasteiger partial charge is 0.543 e. The number of rotatable bonds is 10. The van der Waals surface area contributed by atoms with Gasteiger partial charge in [-0.1, -0.05) is 10.1 Å². The molecular formula is C22H25N9O7S3. The number of anilines is 3. The Bertz CT molecular complexity index is 1510. The monoisotopic (exact) mass is 623 g/mol. The Labute approximate surface area is 245 Å². The molecule has 0 aliphatic carbocycles. The lowest BCUT2D eigenvalue weighted by molar-refractivity contribution is -0.698. The van der Waals surface area contributed by atoms with Crippen LogP contribution < -0.4 is 32.2 Å². The Kier molecular flexibility index (Phi) is 8.31. The van der Waals surface area contributed by atoms with Gasteiger partial charge in [0, 0.05) is 16.9 Å². The third-order valence-corrected chi connectivity index (χ3v) is 9.09. The first-order valence-corrected chi connectivity index (χ1v) is 14.6. The maximum Gasteiger partial charge on any atom is 0.350 e. The van der Waals surface area contributed by atoms with Gasteiger partial charge in [-0.25, -0.2) is 14.3 Å². The first kappa shape index (κ1) is 29.9. The zero-order valence-electron chi connectivity index (χ0n) is 21.8. The van der Waals surface area contributed by atoms with Crippen molar-refractivity contribution >= 4 is 81.1 Å². The summed E-state index contributed by atoms with van der Waals surface area (Å²) in [5.74, 6) is -3.51. The number of amides is 2. The van der Waals surface area contributed by atoms with E-state index in [-0.39, 0.29) is 33.8 Å². The average Bonchev–Trinajstić information content (AvgIpc) is 3.33. The fourth-order valence-electron chi connectivity index (χ4n) is 3.65. The van der Waals surface area contributed by atoms with E-state index in [2.05, 4.69) is 20.4 Å². The molecule has 2 aromatic heterocycles. The van der Waals surface area contributed by atoms with Crippen LogP contribution in [0.3, 0.4) is 0 Å². The van der Waals surface area contributed by atoms with Gasteiger partial charge in [0.2, 0.25) is 17.2 Å². The van der Waals surface area contributed by atoms with Crippen molar-refractivity contribution in [3.63, 3.8) is 0 Å². The molecule has 2 amide bonds. The highest BCUT2D eigenvalue weighted by Crippen LogP contribution is 2.41. The first-order chi connectivity index (χ1) is 19.2. The van der Waals surface area contributed by atoms with Crippen molar-refractivity contribution in [2.75, 3.05) is 28.7 Å². The molecule has 4 heterocycles. The number of aromatic nitrogens is 3. The molecule has 2 aromatic rings. The molecule has 0 bridgehead atoms. The zero-order chi connectivity index (χ0) is 30.2. The molecule has 2 aliphatic rings. The summed E-state index contributed by atoms with van der Waals surface area (Å²) < 4.78 is 1.59. The smallest absolute Gasteiger partial charge is 0.350 e. The van der Waals surface area contributed by atoms with Crippen LogP contribution in [0.5, 0.6) is 0 Å². The van der Waals surface area contributed by atoms with Crippen molar-refractivity contribution in [1.82, 2.24) is 20.2 Å². The van der Waals surface area contributed by atoms with Crippen molar-refractivity contribution in [2.45, 2.75) is 36.0 Å². The van der Waals surface area contributed by atoms with Crippen LogP contribution in [0.1, 0.15) is 19.5 Å². The van der Waals surface area contributed by atoms with Crippen molar-refractivity contribution in [2.24, 2.45) is 12.2 Å². The van der Waals surface area contributed by atoms with Crippen LogP contribution in [0.15, 0.2) is 33.0 Å². The molecular weight excluding hydrogens is 598 g/mol. The molecule has 16 nitrogen and oxygen atoms in total. The van der Waals surface area contributed by atoms with E-state index in [9.17, 15) is 29.4 Å². The predicted molar refractivity (Wildman–Crippen MR) is 148 cm³/mol. The van der Waals surface area contributed by atoms with Gasteiger partial charge in [0.15, 0.2) is 10.8 Å². The number of carbonyl (C=O) groups is 4. The summed E-state index contributed by atoms with van der Waals surface area (Å²) in [5.41, 5.74) is 15.3. The molecule has 0 radical (unpaired) electrons. The maximum absolute atomic E-state index is 13.2. The summed E-state index contributed by atoms with van der Waals surface area (Å²) in [6.07, 6.45) is 0. The third kappa shape index (κ3) is 6.00. The summed E-state index contributed by atoms with van der Waals surface area (Å²) in [4.78, 5) is 64.2. The lowest BCUT2D eigenvalue weighted by atomic mass is 10.0. The van der Waals surface area contributed by atoms with Crippen LogP contribution in [-0.2, 0) is 31.1 Å². The molecule has 218 valence electrons. The Balaban J connectivity index is 1.53. The van der Waals surface area contributed by atoms with Gasteiger partial charge in [-0.05, 0) is 31.2 Å². The van der Waals surface area contributed by atoms with E-state index in [0.29, 0.717) is 16.5 Å². The van der Waals surface area contributed by atoms with E-state index in [4.69, 9.17) is 22.0 Å². The topological polar surface area (TPSA) is 256 Å². The maximum atomic E-state index is 13.2. The molecule has 0 spiro atoms. The van der Waals surface area contributed by atoms with Gasteiger partial charge in [-0.15, -0.1) is 23.1 Å². The van der Waals surface area contributed by atoms with E-state index in [1.807, 2.05) is 0 Å². The number of nitrogens with zero attached hydrogens (tertiary/aromatic N) is 5. The van der Waals surface area contributed by atoms with Crippen molar-refractivity contribution in [3.05, 3.63) is 28.4 Å². The van der Waals surface area contributed by atoms with E-state index < -0.39 is 46.5 Å². The van der Waals surface area contributed by atoms with Gasteiger partial charge in [-0.2, -0.15) is 0 Å². The van der Waals surface area contributed by atoms with Gasteiger partial charge in [0.1, 0.15) is 17.1 Å². The number of nitrogen functional groups attached to an aromatic ring is 3. The minimum Gasteiger partial charge on any atom is -0.543 e. The standard InChI is InChI=1S/C22H25N9O7S3/c1-22(2,19(36)37)38-29-12(9-7-40-20(25)26-9)15(32)28-13-16(33)31-14(18(34)35)8(5-39-17(13)31)6-41-21-27-10(23)4-11(24)30(21)3/h4,7,13,17H,5-6H2,1-3H3,(H8,23,24,25,26,28,32,34,35,36,37)/b29-12-. The van der Waals surface area contributed by atoms with Crippen LogP contribution in [0.4, 0.5) is 16.8 Å². The Morgan fingerprint density at radius 3 is 2.66 bits per heavy atom. The molecule has 8 N–H and O–H groups in total. The minimum absolute atomic E-state index is 0.00436. The van der Waals surface area contributed by atoms with E-state index in [1.54, 1.807) is 11.6 Å². The van der Waals surface area contributed by atoms with Crippen LogP contribution in [0.25, 0.3) is 0 Å². The number of aliphatic carboxylic acids is 2. The molecule has 41 heavy (non-hydrogen) atoms. The summed E-state index contributed by atoms with van der Waals surface area (Å²) in [6.45, 7) is 2.47. The van der Waals surface area contributed by atoms with Gasteiger partial charge >= 0.3 is 11.1 Å². The van der Waals surface area contributed by atoms with E-state index >= 15 is 0 Å². The number of carboxylic acids is 2. The van der Waals surface area contributed by atoms with Gasteiger partial charge in [0.05, 0.1) is 24.8 Å². The normalized spacial score (nSPS) is 19.0. The second-order valence-corrected chi connectivity index (χ2v) is 12.2. The second-order valence-electron chi connectivity index (χ2n) is 9.25. The number of thioether (sulfide) groups is 2. The van der Waals surface area contributed by atoms with Crippen molar-refractivity contribution < 1.29 is 38.8 Å². The number of carboxylic acid groups (broad SMARTS) is 2. The highest BCUT2D eigenvalue weighted by molar-refractivity contribution is 8.01. The lowest BCUT2D eigenvalue weighted by Crippen LogP contribution is -2.71. The van der Waals surface area contributed by atoms with E-state index in [1.165, 1.54) is 48.8 Å². The number of hydrogen-bond donors (Lipinski definition) is 5. The molecule has 0 saturated carbocycles. The van der Waals surface area contributed by atoms with Gasteiger partial charge in [0.25, 0.3) is 11.8 Å². The lowest BCUT2D eigenvalue weighted by Gasteiger charge is -2.50. The van der Waals surface area contributed by atoms with Crippen LogP contribution in [0, 0.1) is 0 Å². The summed E-state index contributed by atoms with van der Waals surface area (Å²) in [7, 11) is 1.68. The quantitative estimate of drug-likeness (QED) is 0.0474. The molecule has 2 atom stereocenters.